The summed E-state index contributed by atoms with van der Waals surface area (Å²) in [6.45, 7) is 4.15. The lowest BCUT2D eigenvalue weighted by atomic mass is 10.2. The third-order valence-electron chi connectivity index (χ3n) is 2.87. The lowest BCUT2D eigenvalue weighted by Gasteiger charge is -2.09. The summed E-state index contributed by atoms with van der Waals surface area (Å²) < 4.78 is 1.80. The van der Waals surface area contributed by atoms with Crippen LogP contribution in [0.2, 0.25) is 0 Å². The molecule has 3 aromatic heterocycles. The van der Waals surface area contributed by atoms with Crippen molar-refractivity contribution in [1.29, 1.82) is 0 Å². The van der Waals surface area contributed by atoms with Crippen molar-refractivity contribution in [3.8, 4) is 0 Å². The number of nitrogens with one attached hydrogen (secondary N) is 1. The molecule has 0 aliphatic heterocycles. The molecule has 0 aliphatic rings. The van der Waals surface area contributed by atoms with Crippen LogP contribution in [0, 0.1) is 6.92 Å². The van der Waals surface area contributed by atoms with E-state index in [1.54, 1.807) is 15.9 Å². The summed E-state index contributed by atoms with van der Waals surface area (Å²) in [5.41, 5.74) is 3.29. The number of fused-ring (bicyclic) bond motifs is 1. The lowest BCUT2D eigenvalue weighted by Crippen LogP contribution is -2.06. The molecule has 3 heterocycles. The van der Waals surface area contributed by atoms with Crippen molar-refractivity contribution in [3.63, 3.8) is 0 Å². The summed E-state index contributed by atoms with van der Waals surface area (Å²) in [5.74, 6) is 0.666. The Morgan fingerprint density at radius 2 is 2.22 bits per heavy atom. The topological polar surface area (TPSA) is 42.2 Å². The van der Waals surface area contributed by atoms with E-state index in [9.17, 15) is 0 Å². The largest absolute Gasteiger partial charge is 0.346 e. The van der Waals surface area contributed by atoms with Gasteiger partial charge in [0.05, 0.1) is 6.04 Å². The van der Waals surface area contributed by atoms with Crippen LogP contribution in [0.3, 0.4) is 0 Å². The van der Waals surface area contributed by atoms with Gasteiger partial charge in [-0.15, -0.1) is 5.10 Å². The van der Waals surface area contributed by atoms with Gasteiger partial charge in [0, 0.05) is 6.20 Å². The zero-order valence-corrected chi connectivity index (χ0v) is 11.1. The Bertz CT molecular complexity index is 657. The highest BCUT2D eigenvalue weighted by atomic mass is 32.1. The number of hydrogen-bond donors (Lipinski definition) is 1. The SMILES string of the molecule is Cc1ccc2nc(NC(C)c3ccsc3)nn2c1. The highest BCUT2D eigenvalue weighted by Gasteiger charge is 2.09. The van der Waals surface area contributed by atoms with Gasteiger partial charge in [-0.1, -0.05) is 6.07 Å². The van der Waals surface area contributed by atoms with Gasteiger partial charge in [0.25, 0.3) is 0 Å². The van der Waals surface area contributed by atoms with Gasteiger partial charge in [0.1, 0.15) is 0 Å². The first-order valence-corrected chi connectivity index (χ1v) is 6.78. The molecule has 18 heavy (non-hydrogen) atoms. The van der Waals surface area contributed by atoms with Crippen LogP contribution in [0.5, 0.6) is 0 Å². The van der Waals surface area contributed by atoms with E-state index in [0.717, 1.165) is 5.65 Å². The Morgan fingerprint density at radius 1 is 1.33 bits per heavy atom. The Kier molecular flexibility index (Phi) is 2.76. The molecule has 1 unspecified atom stereocenters. The van der Waals surface area contributed by atoms with Gasteiger partial charge in [0.2, 0.25) is 5.95 Å². The van der Waals surface area contributed by atoms with Crippen LogP contribution in [-0.2, 0) is 0 Å². The fourth-order valence-corrected chi connectivity index (χ4v) is 2.60. The summed E-state index contributed by atoms with van der Waals surface area (Å²) >= 11 is 1.70. The second-order valence-electron chi connectivity index (χ2n) is 4.37. The molecule has 0 bridgehead atoms. The van der Waals surface area contributed by atoms with Crippen molar-refractivity contribution < 1.29 is 0 Å². The van der Waals surface area contributed by atoms with Gasteiger partial charge >= 0.3 is 0 Å². The summed E-state index contributed by atoms with van der Waals surface area (Å²) in [6, 6.07) is 6.34. The molecule has 1 N–H and O–H groups in total. The fraction of sp³-hybridized carbons (Fsp3) is 0.231. The van der Waals surface area contributed by atoms with Crippen molar-refractivity contribution in [3.05, 3.63) is 46.3 Å². The first-order valence-electron chi connectivity index (χ1n) is 5.84. The molecule has 0 fully saturated rings. The van der Waals surface area contributed by atoms with Crippen molar-refractivity contribution in [1.82, 2.24) is 14.6 Å². The third kappa shape index (κ3) is 2.09. The van der Waals surface area contributed by atoms with Crippen LogP contribution in [0.15, 0.2) is 35.2 Å². The van der Waals surface area contributed by atoms with E-state index in [0.29, 0.717) is 5.95 Å². The fourth-order valence-electron chi connectivity index (χ4n) is 1.85. The molecular formula is C13H14N4S. The maximum Gasteiger partial charge on any atom is 0.243 e. The van der Waals surface area contributed by atoms with Crippen molar-refractivity contribution in [2.75, 3.05) is 5.32 Å². The zero-order chi connectivity index (χ0) is 12.5. The van der Waals surface area contributed by atoms with Gasteiger partial charge < -0.3 is 5.32 Å². The lowest BCUT2D eigenvalue weighted by molar-refractivity contribution is 0.856. The van der Waals surface area contributed by atoms with E-state index in [-0.39, 0.29) is 6.04 Å². The maximum absolute atomic E-state index is 4.45. The van der Waals surface area contributed by atoms with Crippen molar-refractivity contribution in [2.45, 2.75) is 19.9 Å². The molecule has 0 aliphatic carbocycles. The van der Waals surface area contributed by atoms with Crippen molar-refractivity contribution in [2.24, 2.45) is 0 Å². The first-order chi connectivity index (χ1) is 8.72. The summed E-state index contributed by atoms with van der Waals surface area (Å²) in [4.78, 5) is 4.45. The molecule has 3 aromatic rings. The molecule has 0 aromatic carbocycles. The number of pyridine rings is 1. The number of aryl methyl sites for hydroxylation is 1. The summed E-state index contributed by atoms with van der Waals surface area (Å²) in [7, 11) is 0. The molecular weight excluding hydrogens is 244 g/mol. The Hall–Kier alpha value is -1.88. The molecule has 0 spiro atoms. The van der Waals surface area contributed by atoms with Gasteiger partial charge in [-0.25, -0.2) is 4.52 Å². The minimum atomic E-state index is 0.217. The van der Waals surface area contributed by atoms with Crippen LogP contribution in [0.4, 0.5) is 5.95 Å². The molecule has 92 valence electrons. The number of rotatable bonds is 3. The average Bonchev–Trinajstić information content (AvgIpc) is 2.95. The molecule has 5 heteroatoms. The first kappa shape index (κ1) is 11.2. The second-order valence-corrected chi connectivity index (χ2v) is 5.15. The minimum Gasteiger partial charge on any atom is -0.346 e. The van der Waals surface area contributed by atoms with Crippen molar-refractivity contribution >= 4 is 22.9 Å². The molecule has 0 radical (unpaired) electrons. The quantitative estimate of drug-likeness (QED) is 0.784. The predicted molar refractivity (Wildman–Crippen MR) is 74.1 cm³/mol. The highest BCUT2D eigenvalue weighted by Crippen LogP contribution is 2.19. The molecule has 0 saturated carbocycles. The van der Waals surface area contributed by atoms with Gasteiger partial charge in [-0.3, -0.25) is 0 Å². The maximum atomic E-state index is 4.45. The minimum absolute atomic E-state index is 0.217. The van der Waals surface area contributed by atoms with Gasteiger partial charge in [-0.05, 0) is 47.9 Å². The van der Waals surface area contributed by atoms with E-state index in [1.807, 2.05) is 25.3 Å². The van der Waals surface area contributed by atoms with E-state index in [4.69, 9.17) is 0 Å². The zero-order valence-electron chi connectivity index (χ0n) is 10.3. The van der Waals surface area contributed by atoms with Crippen LogP contribution in [-0.4, -0.2) is 14.6 Å². The number of anilines is 1. The average molecular weight is 258 g/mol. The van der Waals surface area contributed by atoms with E-state index >= 15 is 0 Å². The van der Waals surface area contributed by atoms with E-state index < -0.39 is 0 Å². The van der Waals surface area contributed by atoms with Crippen LogP contribution in [0.1, 0.15) is 24.1 Å². The standard InChI is InChI=1S/C13H14N4S/c1-9-3-4-12-15-13(16-17(12)7-9)14-10(2)11-5-6-18-8-11/h3-8,10H,1-2H3,(H,14,16). The van der Waals surface area contributed by atoms with E-state index in [2.05, 4.69) is 39.1 Å². The van der Waals surface area contributed by atoms with Crippen LogP contribution >= 0.6 is 11.3 Å². The highest BCUT2D eigenvalue weighted by molar-refractivity contribution is 7.07. The van der Waals surface area contributed by atoms with Gasteiger partial charge in [-0.2, -0.15) is 16.3 Å². The molecule has 3 rings (SSSR count). The summed E-state index contributed by atoms with van der Waals surface area (Å²) in [5, 5.41) is 12.0. The number of nitrogens with zero attached hydrogens (tertiary/aromatic N) is 3. The van der Waals surface area contributed by atoms with Crippen LogP contribution < -0.4 is 5.32 Å². The number of aromatic nitrogens is 3. The number of hydrogen-bond acceptors (Lipinski definition) is 4. The predicted octanol–water partition coefficient (Wildman–Crippen LogP) is 3.27. The second kappa shape index (κ2) is 4.42. The Morgan fingerprint density at radius 3 is 3.00 bits per heavy atom. The monoisotopic (exact) mass is 258 g/mol. The third-order valence-corrected chi connectivity index (χ3v) is 3.57. The normalized spacial score (nSPS) is 12.8. The molecule has 4 nitrogen and oxygen atoms in total. The van der Waals surface area contributed by atoms with Crippen LogP contribution in [0.25, 0.3) is 5.65 Å². The molecule has 0 amide bonds. The Balaban J connectivity index is 1.86. The Labute approximate surface area is 109 Å². The number of thiophene rings is 1. The van der Waals surface area contributed by atoms with Gasteiger partial charge in [0.15, 0.2) is 5.65 Å². The van der Waals surface area contributed by atoms with E-state index in [1.165, 1.54) is 11.1 Å². The molecule has 1 atom stereocenters. The summed E-state index contributed by atoms with van der Waals surface area (Å²) in [6.07, 6.45) is 1.97. The molecule has 0 saturated heterocycles. The smallest absolute Gasteiger partial charge is 0.243 e.